The number of aromatic carboxylic acids is 1. The van der Waals surface area contributed by atoms with E-state index in [1.165, 1.54) is 0 Å². The van der Waals surface area contributed by atoms with Gasteiger partial charge in [0.25, 0.3) is 10.0 Å². The van der Waals surface area contributed by atoms with E-state index in [4.69, 9.17) is 9.52 Å². The van der Waals surface area contributed by atoms with Crippen molar-refractivity contribution in [3.05, 3.63) is 17.9 Å². The summed E-state index contributed by atoms with van der Waals surface area (Å²) in [6.07, 6.45) is 0.235. The van der Waals surface area contributed by atoms with Crippen molar-refractivity contribution >= 4 is 22.0 Å². The van der Waals surface area contributed by atoms with Crippen molar-refractivity contribution in [1.29, 1.82) is 0 Å². The molecule has 1 aromatic heterocycles. The summed E-state index contributed by atoms with van der Waals surface area (Å²) in [5.41, 5.74) is 0. The highest BCUT2D eigenvalue weighted by molar-refractivity contribution is 7.89. The molecule has 0 aliphatic heterocycles. The normalized spacial score (nSPS) is 13.1. The minimum atomic E-state index is -4.15. The second kappa shape index (κ2) is 6.72. The molecule has 1 rings (SSSR count). The van der Waals surface area contributed by atoms with Gasteiger partial charge >= 0.3 is 11.9 Å². The quantitative estimate of drug-likeness (QED) is 0.714. The van der Waals surface area contributed by atoms with Gasteiger partial charge < -0.3 is 14.3 Å². The number of hydrogen-bond donors (Lipinski definition) is 2. The third-order valence-corrected chi connectivity index (χ3v) is 3.89. The van der Waals surface area contributed by atoms with Crippen LogP contribution in [0.15, 0.2) is 21.6 Å². The lowest BCUT2D eigenvalue weighted by atomic mass is 10.1. The van der Waals surface area contributed by atoms with E-state index in [0.29, 0.717) is 0 Å². The van der Waals surface area contributed by atoms with Gasteiger partial charge in [-0.05, 0) is 24.5 Å². The maximum absolute atomic E-state index is 12.1. The van der Waals surface area contributed by atoms with Crippen LogP contribution in [0.2, 0.25) is 0 Å². The molecule has 8 nitrogen and oxygen atoms in total. The Morgan fingerprint density at radius 1 is 1.38 bits per heavy atom. The predicted molar refractivity (Wildman–Crippen MR) is 71.2 cm³/mol. The van der Waals surface area contributed by atoms with Crippen LogP contribution in [0.25, 0.3) is 0 Å². The van der Waals surface area contributed by atoms with Crippen molar-refractivity contribution in [1.82, 2.24) is 4.72 Å². The third kappa shape index (κ3) is 4.57. The molecule has 1 unspecified atom stereocenters. The monoisotopic (exact) mass is 319 g/mol. The number of hydrogen-bond acceptors (Lipinski definition) is 6. The lowest BCUT2D eigenvalue weighted by Gasteiger charge is -2.17. The topological polar surface area (TPSA) is 123 Å². The SMILES string of the molecule is COC(=O)C(CC(C)C)NS(=O)(=O)c1ccc(C(=O)O)o1. The lowest BCUT2D eigenvalue weighted by molar-refractivity contribution is -0.143. The summed E-state index contributed by atoms with van der Waals surface area (Å²) in [7, 11) is -3.00. The fourth-order valence-electron chi connectivity index (χ4n) is 1.63. The number of carboxylic acids is 1. The Balaban J connectivity index is 2.99. The van der Waals surface area contributed by atoms with Crippen LogP contribution in [-0.2, 0) is 19.6 Å². The van der Waals surface area contributed by atoms with Crippen LogP contribution in [0.4, 0.5) is 0 Å². The summed E-state index contributed by atoms with van der Waals surface area (Å²) >= 11 is 0. The zero-order valence-corrected chi connectivity index (χ0v) is 12.6. The first kappa shape index (κ1) is 17.2. The number of carbonyl (C=O) groups is 2. The Bertz CT molecular complexity index is 617. The fraction of sp³-hybridized carbons (Fsp3) is 0.500. The number of nitrogens with one attached hydrogen (secondary N) is 1. The molecular weight excluding hydrogens is 302 g/mol. The molecule has 0 aliphatic rings. The number of esters is 1. The van der Waals surface area contributed by atoms with Crippen LogP contribution in [0.3, 0.4) is 0 Å². The number of ether oxygens (including phenoxy) is 1. The summed E-state index contributed by atoms with van der Waals surface area (Å²) < 4.78 is 35.6. The van der Waals surface area contributed by atoms with Crippen molar-refractivity contribution in [2.75, 3.05) is 7.11 Å². The van der Waals surface area contributed by atoms with Gasteiger partial charge in [0.05, 0.1) is 7.11 Å². The molecule has 0 aromatic carbocycles. The maximum Gasteiger partial charge on any atom is 0.371 e. The maximum atomic E-state index is 12.1. The minimum Gasteiger partial charge on any atom is -0.475 e. The van der Waals surface area contributed by atoms with Gasteiger partial charge in [0.15, 0.2) is 0 Å². The zero-order chi connectivity index (χ0) is 16.2. The number of rotatable bonds is 7. The molecule has 2 N–H and O–H groups in total. The number of methoxy groups -OCH3 is 1. The van der Waals surface area contributed by atoms with Gasteiger partial charge in [0, 0.05) is 0 Å². The molecular formula is C12H17NO7S. The van der Waals surface area contributed by atoms with Crippen molar-refractivity contribution < 1.29 is 32.3 Å². The Morgan fingerprint density at radius 2 is 2.00 bits per heavy atom. The van der Waals surface area contributed by atoms with Crippen LogP contribution in [0.1, 0.15) is 30.8 Å². The second-order valence-corrected chi connectivity index (χ2v) is 6.40. The molecule has 0 bridgehead atoms. The van der Waals surface area contributed by atoms with Crippen molar-refractivity contribution in [3.8, 4) is 0 Å². The number of sulfonamides is 1. The van der Waals surface area contributed by atoms with Crippen molar-refractivity contribution in [3.63, 3.8) is 0 Å². The largest absolute Gasteiger partial charge is 0.475 e. The summed E-state index contributed by atoms with van der Waals surface area (Å²) in [5, 5.41) is 8.14. The highest BCUT2D eigenvalue weighted by Gasteiger charge is 2.29. The van der Waals surface area contributed by atoms with Gasteiger partial charge in [-0.3, -0.25) is 4.79 Å². The third-order valence-electron chi connectivity index (χ3n) is 2.55. The molecule has 1 heterocycles. The smallest absolute Gasteiger partial charge is 0.371 e. The predicted octanol–water partition coefficient (Wildman–Crippen LogP) is 0.844. The van der Waals surface area contributed by atoms with Gasteiger partial charge in [-0.15, -0.1) is 0 Å². The first-order chi connectivity index (χ1) is 9.67. The number of furan rings is 1. The van der Waals surface area contributed by atoms with E-state index in [1.54, 1.807) is 0 Å². The minimum absolute atomic E-state index is 0.0444. The van der Waals surface area contributed by atoms with E-state index >= 15 is 0 Å². The molecule has 0 fully saturated rings. The highest BCUT2D eigenvalue weighted by atomic mass is 32.2. The van der Waals surface area contributed by atoms with Gasteiger partial charge in [-0.25, -0.2) is 13.2 Å². The molecule has 118 valence electrons. The Kier molecular flexibility index (Phi) is 5.50. The molecule has 0 spiro atoms. The van der Waals surface area contributed by atoms with Gasteiger partial charge in [0.1, 0.15) is 6.04 Å². The van der Waals surface area contributed by atoms with Crippen LogP contribution in [0, 0.1) is 5.92 Å². The van der Waals surface area contributed by atoms with E-state index in [-0.39, 0.29) is 12.3 Å². The zero-order valence-electron chi connectivity index (χ0n) is 11.8. The lowest BCUT2D eigenvalue weighted by Crippen LogP contribution is -2.42. The first-order valence-corrected chi connectivity index (χ1v) is 7.59. The Labute approximate surface area is 122 Å². The van der Waals surface area contributed by atoms with E-state index < -0.39 is 38.9 Å². The van der Waals surface area contributed by atoms with E-state index in [0.717, 1.165) is 19.2 Å². The molecule has 0 amide bonds. The van der Waals surface area contributed by atoms with Gasteiger partial charge in [-0.1, -0.05) is 13.8 Å². The number of carboxylic acid groups (broad SMARTS) is 1. The average molecular weight is 319 g/mol. The molecule has 0 saturated heterocycles. The number of carbonyl (C=O) groups excluding carboxylic acids is 1. The second-order valence-electron chi connectivity index (χ2n) is 4.75. The fourth-order valence-corrected chi connectivity index (χ4v) is 2.76. The molecule has 9 heteroatoms. The summed E-state index contributed by atoms with van der Waals surface area (Å²) in [4.78, 5) is 22.3. The molecule has 0 aliphatic carbocycles. The van der Waals surface area contributed by atoms with Gasteiger partial charge in [0.2, 0.25) is 10.9 Å². The summed E-state index contributed by atoms with van der Waals surface area (Å²) in [5.74, 6) is -2.57. The van der Waals surface area contributed by atoms with E-state index in [9.17, 15) is 18.0 Å². The van der Waals surface area contributed by atoms with Gasteiger partial charge in [-0.2, -0.15) is 4.72 Å². The molecule has 1 atom stereocenters. The standard InChI is InChI=1S/C12H17NO7S/c1-7(2)6-8(12(16)19-3)13-21(17,18)10-5-4-9(20-10)11(14)15/h4-5,7-8,13H,6H2,1-3H3,(H,14,15). The molecule has 1 aromatic rings. The van der Waals surface area contributed by atoms with Crippen LogP contribution in [0.5, 0.6) is 0 Å². The Hall–Kier alpha value is -1.87. The summed E-state index contributed by atoms with van der Waals surface area (Å²) in [6, 6.07) is 0.959. The Morgan fingerprint density at radius 3 is 2.43 bits per heavy atom. The average Bonchev–Trinajstić information content (AvgIpc) is 2.86. The van der Waals surface area contributed by atoms with Crippen LogP contribution in [-0.4, -0.2) is 38.6 Å². The molecule has 0 saturated carbocycles. The highest BCUT2D eigenvalue weighted by Crippen LogP contribution is 2.16. The van der Waals surface area contributed by atoms with Crippen LogP contribution < -0.4 is 4.72 Å². The van der Waals surface area contributed by atoms with Crippen LogP contribution >= 0.6 is 0 Å². The van der Waals surface area contributed by atoms with E-state index in [1.807, 2.05) is 13.8 Å². The van der Waals surface area contributed by atoms with E-state index in [2.05, 4.69) is 9.46 Å². The van der Waals surface area contributed by atoms with Crippen molar-refractivity contribution in [2.24, 2.45) is 5.92 Å². The molecule has 21 heavy (non-hydrogen) atoms. The molecule has 0 radical (unpaired) electrons. The first-order valence-electron chi connectivity index (χ1n) is 6.10. The summed E-state index contributed by atoms with van der Waals surface area (Å²) in [6.45, 7) is 3.64. The van der Waals surface area contributed by atoms with Crippen molar-refractivity contribution in [2.45, 2.75) is 31.4 Å².